The summed E-state index contributed by atoms with van der Waals surface area (Å²) in [6.07, 6.45) is 5.05. The number of hydrogen-bond acceptors (Lipinski definition) is 4. The van der Waals surface area contributed by atoms with E-state index in [9.17, 15) is 0 Å². The maximum Gasteiger partial charge on any atom is 0.0674 e. The Morgan fingerprint density at radius 3 is 3.00 bits per heavy atom. The Balaban J connectivity index is 1.88. The number of ether oxygens (including phenoxy) is 1. The van der Waals surface area contributed by atoms with Gasteiger partial charge in [0.05, 0.1) is 11.7 Å². The third-order valence-electron chi connectivity index (χ3n) is 3.97. The van der Waals surface area contributed by atoms with Crippen LogP contribution in [0.3, 0.4) is 0 Å². The Hall–Kier alpha value is -1.59. The van der Waals surface area contributed by atoms with E-state index in [4.69, 9.17) is 10.5 Å². The monoisotopic (exact) mass is 274 g/mol. The summed E-state index contributed by atoms with van der Waals surface area (Å²) in [5.74, 6) is 0.589. The van der Waals surface area contributed by atoms with Gasteiger partial charge in [0.15, 0.2) is 0 Å². The molecule has 20 heavy (non-hydrogen) atoms. The summed E-state index contributed by atoms with van der Waals surface area (Å²) in [6.45, 7) is 3.33. The molecule has 4 N–H and O–H groups in total. The number of hydrogen-bond donors (Lipinski definition) is 3. The number of nitrogens with two attached hydrogens (primary N) is 1. The van der Waals surface area contributed by atoms with Gasteiger partial charge in [-0.3, -0.25) is 5.10 Å². The van der Waals surface area contributed by atoms with Crippen molar-refractivity contribution in [3.05, 3.63) is 23.9 Å². The van der Waals surface area contributed by atoms with Gasteiger partial charge in [0.25, 0.3) is 0 Å². The van der Waals surface area contributed by atoms with Gasteiger partial charge in [-0.2, -0.15) is 5.10 Å². The lowest BCUT2D eigenvalue weighted by atomic mass is 9.90. The van der Waals surface area contributed by atoms with E-state index in [1.165, 1.54) is 5.56 Å². The fraction of sp³-hybridized carbons (Fsp3) is 0.533. The number of nitrogens with one attached hydrogen (secondary N) is 2. The highest BCUT2D eigenvalue weighted by atomic mass is 16.5. The van der Waals surface area contributed by atoms with Crippen LogP contribution in [0, 0.1) is 0 Å². The molecule has 1 aliphatic heterocycles. The molecule has 3 rings (SSSR count). The van der Waals surface area contributed by atoms with E-state index < -0.39 is 0 Å². The molecule has 1 aliphatic rings. The quantitative estimate of drug-likeness (QED) is 0.731. The molecule has 0 bridgehead atoms. The second kappa shape index (κ2) is 6.24. The Bertz CT molecular complexity index is 560. The Morgan fingerprint density at radius 2 is 2.20 bits per heavy atom. The topological polar surface area (TPSA) is 76.0 Å². The molecule has 0 aliphatic carbocycles. The van der Waals surface area contributed by atoms with Crippen molar-refractivity contribution in [1.29, 1.82) is 0 Å². The number of aromatic nitrogens is 2. The molecule has 2 aromatic rings. The van der Waals surface area contributed by atoms with Gasteiger partial charge in [0.2, 0.25) is 0 Å². The summed E-state index contributed by atoms with van der Waals surface area (Å²) in [5.41, 5.74) is 9.19. The molecule has 1 saturated heterocycles. The lowest BCUT2D eigenvalue weighted by Gasteiger charge is -2.23. The SMILES string of the molecule is NCCCNc1cc(C2CCOCC2)cc2[nH]ncc12. The van der Waals surface area contributed by atoms with Gasteiger partial charge in [-0.15, -0.1) is 0 Å². The molecule has 1 fully saturated rings. The molecule has 5 heteroatoms. The smallest absolute Gasteiger partial charge is 0.0674 e. The molecule has 2 heterocycles. The predicted octanol–water partition coefficient (Wildman–Crippen LogP) is 2.22. The van der Waals surface area contributed by atoms with Gasteiger partial charge in [-0.05, 0) is 49.4 Å². The molecular weight excluding hydrogens is 252 g/mol. The minimum absolute atomic E-state index is 0.589. The van der Waals surface area contributed by atoms with Crippen LogP contribution in [0.25, 0.3) is 10.9 Å². The van der Waals surface area contributed by atoms with E-state index in [2.05, 4.69) is 27.6 Å². The van der Waals surface area contributed by atoms with Gasteiger partial charge in [-0.25, -0.2) is 0 Å². The maximum atomic E-state index is 5.56. The maximum absolute atomic E-state index is 5.56. The molecule has 0 radical (unpaired) electrons. The van der Waals surface area contributed by atoms with Gasteiger partial charge >= 0.3 is 0 Å². The largest absolute Gasteiger partial charge is 0.384 e. The zero-order valence-corrected chi connectivity index (χ0v) is 11.7. The van der Waals surface area contributed by atoms with Crippen LogP contribution in [0.15, 0.2) is 18.3 Å². The Morgan fingerprint density at radius 1 is 1.35 bits per heavy atom. The van der Waals surface area contributed by atoms with Crippen molar-refractivity contribution in [2.75, 3.05) is 31.6 Å². The van der Waals surface area contributed by atoms with Crippen molar-refractivity contribution in [2.45, 2.75) is 25.2 Å². The molecule has 0 unspecified atom stereocenters. The highest BCUT2D eigenvalue weighted by Gasteiger charge is 2.18. The average molecular weight is 274 g/mol. The van der Waals surface area contributed by atoms with E-state index in [1.54, 1.807) is 0 Å². The van der Waals surface area contributed by atoms with Crippen LogP contribution >= 0.6 is 0 Å². The van der Waals surface area contributed by atoms with Gasteiger partial charge in [0.1, 0.15) is 0 Å². The highest BCUT2D eigenvalue weighted by molar-refractivity contribution is 5.91. The van der Waals surface area contributed by atoms with Crippen molar-refractivity contribution in [2.24, 2.45) is 5.73 Å². The Labute approximate surface area is 118 Å². The van der Waals surface area contributed by atoms with Gasteiger partial charge in [-0.1, -0.05) is 0 Å². The van der Waals surface area contributed by atoms with E-state index in [0.29, 0.717) is 12.5 Å². The minimum atomic E-state index is 0.589. The van der Waals surface area contributed by atoms with Crippen molar-refractivity contribution < 1.29 is 4.74 Å². The summed E-state index contributed by atoms with van der Waals surface area (Å²) in [7, 11) is 0. The van der Waals surface area contributed by atoms with Gasteiger partial charge in [0, 0.05) is 30.8 Å². The first-order valence-electron chi connectivity index (χ1n) is 7.37. The zero-order chi connectivity index (χ0) is 13.8. The zero-order valence-electron chi connectivity index (χ0n) is 11.7. The third kappa shape index (κ3) is 2.78. The number of anilines is 1. The molecule has 1 aromatic carbocycles. The first kappa shape index (κ1) is 13.4. The molecule has 1 aromatic heterocycles. The first-order valence-corrected chi connectivity index (χ1v) is 7.37. The molecule has 108 valence electrons. The van der Waals surface area contributed by atoms with Crippen LogP contribution in [0.4, 0.5) is 5.69 Å². The molecule has 0 spiro atoms. The van der Waals surface area contributed by atoms with Crippen LogP contribution in [0.2, 0.25) is 0 Å². The summed E-state index contributed by atoms with van der Waals surface area (Å²) in [4.78, 5) is 0. The molecule has 0 amide bonds. The fourth-order valence-electron chi connectivity index (χ4n) is 2.81. The lowest BCUT2D eigenvalue weighted by Crippen LogP contribution is -2.14. The second-order valence-electron chi connectivity index (χ2n) is 5.36. The standard InChI is InChI=1S/C15H22N4O/c16-4-1-5-17-14-8-12(11-2-6-20-7-3-11)9-15-13(14)10-18-19-15/h8-11,17H,1-7,16H2,(H,18,19). The van der Waals surface area contributed by atoms with Crippen molar-refractivity contribution in [3.63, 3.8) is 0 Å². The lowest BCUT2D eigenvalue weighted by molar-refractivity contribution is 0.0853. The number of H-pyrrole nitrogens is 1. The van der Waals surface area contributed by atoms with Crippen molar-refractivity contribution in [3.8, 4) is 0 Å². The highest BCUT2D eigenvalue weighted by Crippen LogP contribution is 2.32. The summed E-state index contributed by atoms with van der Waals surface area (Å²) < 4.78 is 5.45. The van der Waals surface area contributed by atoms with E-state index in [-0.39, 0.29) is 0 Å². The molecular formula is C15H22N4O. The van der Waals surface area contributed by atoms with E-state index >= 15 is 0 Å². The van der Waals surface area contributed by atoms with Crippen LogP contribution in [0.5, 0.6) is 0 Å². The molecule has 0 atom stereocenters. The van der Waals surface area contributed by atoms with Crippen LogP contribution in [-0.4, -0.2) is 36.5 Å². The third-order valence-corrected chi connectivity index (χ3v) is 3.97. The normalized spacial score (nSPS) is 16.6. The van der Waals surface area contributed by atoms with Crippen LogP contribution < -0.4 is 11.1 Å². The Kier molecular flexibility index (Phi) is 4.18. The second-order valence-corrected chi connectivity index (χ2v) is 5.36. The number of benzene rings is 1. The van der Waals surface area contributed by atoms with E-state index in [1.807, 2.05) is 6.20 Å². The number of fused-ring (bicyclic) bond motifs is 1. The number of nitrogens with zero attached hydrogens (tertiary/aromatic N) is 1. The molecule has 0 saturated carbocycles. The first-order chi connectivity index (χ1) is 9.88. The number of aromatic amines is 1. The summed E-state index contributed by atoms with van der Waals surface area (Å²) >= 11 is 0. The van der Waals surface area contributed by atoms with Crippen LogP contribution in [0.1, 0.15) is 30.7 Å². The van der Waals surface area contributed by atoms with E-state index in [0.717, 1.165) is 55.6 Å². The summed E-state index contributed by atoms with van der Waals surface area (Å²) in [5, 5.41) is 11.9. The minimum Gasteiger partial charge on any atom is -0.384 e. The van der Waals surface area contributed by atoms with Gasteiger partial charge < -0.3 is 15.8 Å². The molecule has 5 nitrogen and oxygen atoms in total. The summed E-state index contributed by atoms with van der Waals surface area (Å²) in [6, 6.07) is 4.50. The van der Waals surface area contributed by atoms with Crippen LogP contribution in [-0.2, 0) is 4.74 Å². The van der Waals surface area contributed by atoms with Crippen molar-refractivity contribution in [1.82, 2.24) is 10.2 Å². The van der Waals surface area contributed by atoms with Crippen molar-refractivity contribution >= 4 is 16.6 Å². The average Bonchev–Trinajstić information content (AvgIpc) is 2.97. The number of rotatable bonds is 5. The fourth-order valence-corrected chi connectivity index (χ4v) is 2.81. The predicted molar refractivity (Wildman–Crippen MR) is 81.0 cm³/mol.